The molecule has 1 saturated carbocycles. The lowest BCUT2D eigenvalue weighted by atomic mass is 9.92. The number of alkyl halides is 6. The Kier molecular flexibility index (Phi) is 7.98. The van der Waals surface area contributed by atoms with Crippen molar-refractivity contribution in [2.75, 3.05) is 5.75 Å². The Bertz CT molecular complexity index is 575. The Hall–Kier alpha value is -1.04. The average Bonchev–Trinajstić information content (AvgIpc) is 2.48. The molecule has 0 aromatic rings. The summed E-state index contributed by atoms with van der Waals surface area (Å²) in [5.74, 6) is -5.96. The molecule has 0 radical (unpaired) electrons. The molecule has 5 nitrogen and oxygen atoms in total. The van der Waals surface area contributed by atoms with Crippen LogP contribution in [0.15, 0.2) is 0 Å². The predicted octanol–water partition coefficient (Wildman–Crippen LogP) is 4.08. The molecule has 0 atom stereocenters. The van der Waals surface area contributed by atoms with Gasteiger partial charge in [0.05, 0.1) is 21.8 Å². The predicted molar refractivity (Wildman–Crippen MR) is 80.5 cm³/mol. The summed E-state index contributed by atoms with van der Waals surface area (Å²) in [7, 11) is -6.02. The van der Waals surface area contributed by atoms with Gasteiger partial charge < -0.3 is 9.29 Å². The van der Waals surface area contributed by atoms with Gasteiger partial charge in [0.2, 0.25) is 0 Å². The van der Waals surface area contributed by atoms with Crippen LogP contribution in [0.2, 0.25) is 0 Å². The van der Waals surface area contributed by atoms with Crippen molar-refractivity contribution in [3.63, 3.8) is 0 Å². The summed E-state index contributed by atoms with van der Waals surface area (Å²) in [4.78, 5) is 12.1. The van der Waals surface area contributed by atoms with E-state index in [9.17, 15) is 44.1 Å². The molecular formula is C15H21F6O5S-. The summed E-state index contributed by atoms with van der Waals surface area (Å²) in [5, 5.41) is 0. The van der Waals surface area contributed by atoms with Crippen LogP contribution in [0.3, 0.4) is 0 Å². The molecule has 0 aromatic carbocycles. The number of halogens is 6. The third kappa shape index (κ3) is 6.81. The van der Waals surface area contributed by atoms with E-state index in [1.807, 2.05) is 0 Å². The van der Waals surface area contributed by atoms with Crippen molar-refractivity contribution < 1.29 is 48.8 Å². The maximum absolute atomic E-state index is 13.2. The van der Waals surface area contributed by atoms with Gasteiger partial charge in [0.25, 0.3) is 0 Å². The van der Waals surface area contributed by atoms with Crippen molar-refractivity contribution in [1.82, 2.24) is 0 Å². The molecule has 0 saturated heterocycles. The monoisotopic (exact) mass is 427 g/mol. The molecule has 0 bridgehead atoms. The summed E-state index contributed by atoms with van der Waals surface area (Å²) in [6.45, 7) is 0. The fourth-order valence-corrected chi connectivity index (χ4v) is 3.90. The van der Waals surface area contributed by atoms with Gasteiger partial charge in [-0.1, -0.05) is 44.9 Å². The van der Waals surface area contributed by atoms with Crippen LogP contribution in [-0.4, -0.2) is 42.6 Å². The maximum Gasteiger partial charge on any atom is 0.438 e. The zero-order valence-corrected chi connectivity index (χ0v) is 15.2. The second-order valence-corrected chi connectivity index (χ2v) is 8.10. The van der Waals surface area contributed by atoms with Crippen molar-refractivity contribution in [2.24, 2.45) is 5.92 Å². The highest BCUT2D eigenvalue weighted by Gasteiger charge is 2.75. The molecule has 0 aliphatic heterocycles. The number of carbonyl (C=O) groups is 1. The molecule has 0 heterocycles. The summed E-state index contributed by atoms with van der Waals surface area (Å²) in [6.07, 6.45) is -7.76. The molecule has 27 heavy (non-hydrogen) atoms. The number of esters is 1. The van der Waals surface area contributed by atoms with Gasteiger partial charge in [-0.2, -0.15) is 26.3 Å². The molecule has 160 valence electrons. The number of rotatable bonds is 4. The first-order valence-electron chi connectivity index (χ1n) is 8.49. The van der Waals surface area contributed by atoms with Gasteiger partial charge in [-0.15, -0.1) is 0 Å². The number of carbonyl (C=O) groups excluding carboxylic acids is 1. The SMILES string of the molecule is O=C(OC(CS(=O)(=O)[O-])(C(F)(F)F)C(F)(F)F)C1CCCCCCCCC1. The first-order chi connectivity index (χ1) is 12.2. The van der Waals surface area contributed by atoms with Crippen molar-refractivity contribution >= 4 is 16.1 Å². The van der Waals surface area contributed by atoms with E-state index in [4.69, 9.17) is 0 Å². The van der Waals surface area contributed by atoms with E-state index < -0.39 is 45.7 Å². The van der Waals surface area contributed by atoms with Crippen LogP contribution in [0.1, 0.15) is 57.8 Å². The third-order valence-electron chi connectivity index (χ3n) is 4.51. The Morgan fingerprint density at radius 1 is 0.852 bits per heavy atom. The van der Waals surface area contributed by atoms with Crippen LogP contribution in [0.25, 0.3) is 0 Å². The normalized spacial score (nSPS) is 19.5. The summed E-state index contributed by atoms with van der Waals surface area (Å²) in [5.41, 5.74) is -5.38. The highest BCUT2D eigenvalue weighted by Crippen LogP contribution is 2.47. The Morgan fingerprint density at radius 3 is 1.56 bits per heavy atom. The second-order valence-electron chi connectivity index (χ2n) is 6.69. The Labute approximate surface area is 153 Å². The van der Waals surface area contributed by atoms with Crippen LogP contribution >= 0.6 is 0 Å². The van der Waals surface area contributed by atoms with Gasteiger partial charge in [-0.25, -0.2) is 8.42 Å². The maximum atomic E-state index is 13.2. The van der Waals surface area contributed by atoms with E-state index in [1.165, 1.54) is 0 Å². The zero-order chi connectivity index (χ0) is 20.9. The van der Waals surface area contributed by atoms with E-state index in [2.05, 4.69) is 4.74 Å². The summed E-state index contributed by atoms with van der Waals surface area (Å²) in [6, 6.07) is 0. The molecule has 0 N–H and O–H groups in total. The Balaban J connectivity index is 3.16. The van der Waals surface area contributed by atoms with Crippen LogP contribution in [-0.2, 0) is 19.6 Å². The molecular weight excluding hydrogens is 406 g/mol. The van der Waals surface area contributed by atoms with Gasteiger partial charge >= 0.3 is 23.9 Å². The first kappa shape index (κ1) is 24.0. The number of hydrogen-bond donors (Lipinski definition) is 0. The molecule has 1 aliphatic carbocycles. The minimum Gasteiger partial charge on any atom is -0.748 e. The molecule has 0 amide bonds. The average molecular weight is 427 g/mol. The van der Waals surface area contributed by atoms with Crippen LogP contribution in [0.4, 0.5) is 26.3 Å². The van der Waals surface area contributed by atoms with Crippen molar-refractivity contribution in [3.8, 4) is 0 Å². The number of ether oxygens (including phenoxy) is 1. The van der Waals surface area contributed by atoms with Crippen molar-refractivity contribution in [3.05, 3.63) is 0 Å². The minimum absolute atomic E-state index is 0.0365. The van der Waals surface area contributed by atoms with Gasteiger partial charge in [0.15, 0.2) is 0 Å². The molecule has 1 aliphatic rings. The lowest BCUT2D eigenvalue weighted by molar-refractivity contribution is -0.362. The minimum atomic E-state index is -6.33. The molecule has 0 spiro atoms. The molecule has 12 heteroatoms. The van der Waals surface area contributed by atoms with E-state index >= 15 is 0 Å². The molecule has 0 aromatic heterocycles. The van der Waals surface area contributed by atoms with Gasteiger partial charge in [-0.3, -0.25) is 4.79 Å². The lowest BCUT2D eigenvalue weighted by Crippen LogP contribution is -2.63. The van der Waals surface area contributed by atoms with Crippen LogP contribution in [0.5, 0.6) is 0 Å². The van der Waals surface area contributed by atoms with E-state index in [0.717, 1.165) is 19.3 Å². The quantitative estimate of drug-likeness (QED) is 0.384. The third-order valence-corrected chi connectivity index (χ3v) is 5.27. The van der Waals surface area contributed by atoms with Gasteiger partial charge in [0, 0.05) is 0 Å². The molecule has 1 fully saturated rings. The fourth-order valence-electron chi connectivity index (χ4n) is 3.02. The lowest BCUT2D eigenvalue weighted by Gasteiger charge is -2.37. The summed E-state index contributed by atoms with van der Waals surface area (Å²) >= 11 is 0. The van der Waals surface area contributed by atoms with Crippen molar-refractivity contribution in [1.29, 1.82) is 0 Å². The largest absolute Gasteiger partial charge is 0.748 e. The zero-order valence-electron chi connectivity index (χ0n) is 14.4. The highest BCUT2D eigenvalue weighted by molar-refractivity contribution is 7.85. The molecule has 1 rings (SSSR count). The number of hydrogen-bond acceptors (Lipinski definition) is 5. The fraction of sp³-hybridized carbons (Fsp3) is 0.933. The van der Waals surface area contributed by atoms with Gasteiger partial charge in [0.1, 0.15) is 0 Å². The standard InChI is InChI=1S/C15H22F6O5S/c16-14(17,18)13(15(19,20)21,10-27(23,24)25)26-12(22)11-8-6-4-2-1-3-5-7-9-11/h11H,1-10H2,(H,23,24,25)/p-1. The smallest absolute Gasteiger partial charge is 0.438 e. The van der Waals surface area contributed by atoms with Gasteiger partial charge in [-0.05, 0) is 12.8 Å². The van der Waals surface area contributed by atoms with Crippen LogP contribution in [0, 0.1) is 5.92 Å². The van der Waals surface area contributed by atoms with Crippen molar-refractivity contribution in [2.45, 2.75) is 75.7 Å². The van der Waals surface area contributed by atoms with E-state index in [-0.39, 0.29) is 12.8 Å². The first-order valence-corrected chi connectivity index (χ1v) is 10.1. The second kappa shape index (κ2) is 8.97. The van der Waals surface area contributed by atoms with E-state index in [0.29, 0.717) is 25.7 Å². The topological polar surface area (TPSA) is 83.5 Å². The Morgan fingerprint density at radius 2 is 1.22 bits per heavy atom. The van der Waals surface area contributed by atoms with E-state index in [1.54, 1.807) is 0 Å². The molecule has 0 unspecified atom stereocenters. The summed E-state index contributed by atoms with van der Waals surface area (Å²) < 4.78 is 115. The highest BCUT2D eigenvalue weighted by atomic mass is 32.2. The van der Waals surface area contributed by atoms with Crippen LogP contribution < -0.4 is 0 Å².